The van der Waals surface area contributed by atoms with Gasteiger partial charge in [-0.05, 0) is 0 Å². The quantitative estimate of drug-likeness (QED) is 0.0662. The first kappa shape index (κ1) is 42.1. The molecule has 0 aromatic carbocycles. The molecular formula is C38H74S2Si2Sn2. The standard InChI is InChI=1S/C32H56S2Si2.6CH3.2Sn/c1-3-5-7-9-11-13-15-17-19-21-27-35-29-23-25-33-31(29)32-30(24-26-34-32)36-28-22-20-18-16-14-12-10-8-6-4-2;;;;;;;;/h23-24,31-32,35-36H,3-22,27-28H2,1-2H3;6*1H3;;/b35-29+,36-30+;;;;;;;;. The third kappa shape index (κ3) is 17.6. The van der Waals surface area contributed by atoms with Crippen LogP contribution in [0.1, 0.15) is 142 Å². The molecule has 2 rings (SSSR count). The summed E-state index contributed by atoms with van der Waals surface area (Å²) in [7, 11) is 0.946. The van der Waals surface area contributed by atoms with Crippen LogP contribution in [0, 0.1) is 0 Å². The fourth-order valence-electron chi connectivity index (χ4n) is 6.36. The van der Waals surface area contributed by atoms with Gasteiger partial charge in [0.1, 0.15) is 0 Å². The summed E-state index contributed by atoms with van der Waals surface area (Å²) in [4.78, 5) is 15.9. The second-order valence-electron chi connectivity index (χ2n) is 15.9. The minimum atomic E-state index is -2.07. The molecule has 6 heteroatoms. The Bertz CT molecular complexity index is 837. The zero-order chi connectivity index (χ0) is 32.3. The van der Waals surface area contributed by atoms with Crippen LogP contribution in [-0.2, 0) is 0 Å². The summed E-state index contributed by atoms with van der Waals surface area (Å²) in [5, 5.41) is 5.42. The molecule has 0 aliphatic carbocycles. The molecule has 2 aliphatic rings. The van der Waals surface area contributed by atoms with Gasteiger partial charge in [0.15, 0.2) is 0 Å². The maximum atomic E-state index is 2.81. The van der Waals surface area contributed by atoms with Crippen molar-refractivity contribution in [1.29, 1.82) is 0 Å². The van der Waals surface area contributed by atoms with Gasteiger partial charge in [0.05, 0.1) is 0 Å². The van der Waals surface area contributed by atoms with Gasteiger partial charge in [0, 0.05) is 0 Å². The summed E-state index contributed by atoms with van der Waals surface area (Å²) in [5.41, 5.74) is 0. The van der Waals surface area contributed by atoms with E-state index < -0.39 is 36.8 Å². The van der Waals surface area contributed by atoms with Crippen LogP contribution in [0.5, 0.6) is 0 Å². The SMILES string of the molecule is CCCCCCCCCCCC/[SiH]=C1\C=[C]([Sn]([CH3])([CH3])[CH3])SC1C1S[C]([Sn]([CH3])([CH3])[CH3])=C/C1=[SiH]\CCCCCCCCCCCC. The molecule has 0 N–H and O–H groups in total. The Morgan fingerprint density at radius 2 is 0.727 bits per heavy atom. The van der Waals surface area contributed by atoms with Crippen LogP contribution in [0.3, 0.4) is 0 Å². The summed E-state index contributed by atoms with van der Waals surface area (Å²) in [6.45, 7) is 4.64. The first-order valence-corrected chi connectivity index (χ1v) is 43.8. The molecule has 2 aliphatic heterocycles. The van der Waals surface area contributed by atoms with Crippen molar-refractivity contribution in [3.05, 3.63) is 18.0 Å². The average Bonchev–Trinajstić information content (AvgIpc) is 3.59. The normalized spacial score (nSPS) is 21.1. The molecule has 0 radical (unpaired) electrons. The number of thioether (sulfide) groups is 2. The molecule has 0 amide bonds. The van der Waals surface area contributed by atoms with E-state index in [2.05, 4.69) is 79.2 Å². The van der Waals surface area contributed by atoms with Crippen molar-refractivity contribution in [2.45, 2.75) is 194 Å². The molecule has 0 aromatic rings. The van der Waals surface area contributed by atoms with Crippen molar-refractivity contribution in [3.63, 3.8) is 0 Å². The zero-order valence-electron chi connectivity index (χ0n) is 30.8. The van der Waals surface area contributed by atoms with Gasteiger partial charge in [-0.3, -0.25) is 0 Å². The van der Waals surface area contributed by atoms with Crippen LogP contribution in [0.15, 0.2) is 18.0 Å². The van der Waals surface area contributed by atoms with Crippen LogP contribution >= 0.6 is 23.5 Å². The monoisotopic (exact) mass is 890 g/mol. The number of allylic oxidation sites excluding steroid dienone is 2. The first-order chi connectivity index (χ1) is 21.1. The van der Waals surface area contributed by atoms with Crippen LogP contribution in [0.25, 0.3) is 0 Å². The van der Waals surface area contributed by atoms with Crippen LogP contribution in [-0.4, -0.2) is 75.9 Å². The second-order valence-corrected chi connectivity index (χ2v) is 52.4. The van der Waals surface area contributed by atoms with E-state index in [1.807, 2.05) is 16.2 Å². The van der Waals surface area contributed by atoms with Crippen LogP contribution in [0.2, 0.25) is 41.7 Å². The fourth-order valence-corrected chi connectivity index (χ4v) is 26.5. The van der Waals surface area contributed by atoms with Crippen molar-refractivity contribution < 1.29 is 0 Å². The Kier molecular flexibility index (Phi) is 23.1. The molecule has 0 saturated heterocycles. The third-order valence-corrected chi connectivity index (χ3v) is 35.3. The summed E-state index contributed by atoms with van der Waals surface area (Å²) in [6.07, 6.45) is 34.8. The van der Waals surface area contributed by atoms with E-state index in [0.717, 1.165) is 10.5 Å². The summed E-state index contributed by atoms with van der Waals surface area (Å²) < 4.78 is 3.76. The van der Waals surface area contributed by atoms with Gasteiger partial charge < -0.3 is 0 Å². The van der Waals surface area contributed by atoms with Gasteiger partial charge in [-0.1, -0.05) is 52.4 Å². The molecule has 0 saturated carbocycles. The number of unbranched alkanes of at least 4 members (excludes halogenated alkanes) is 18. The van der Waals surface area contributed by atoms with Crippen molar-refractivity contribution in [3.8, 4) is 0 Å². The van der Waals surface area contributed by atoms with Crippen molar-refractivity contribution >= 4 is 88.9 Å². The van der Waals surface area contributed by atoms with Gasteiger partial charge in [0.25, 0.3) is 0 Å². The molecule has 254 valence electrons. The predicted molar refractivity (Wildman–Crippen MR) is 223 cm³/mol. The van der Waals surface area contributed by atoms with E-state index in [1.54, 1.807) is 0 Å². The Balaban J connectivity index is 1.93. The number of hydrogen-bond donors (Lipinski definition) is 0. The van der Waals surface area contributed by atoms with Crippen molar-refractivity contribution in [2.24, 2.45) is 0 Å². The van der Waals surface area contributed by atoms with Gasteiger partial charge in [-0.2, -0.15) is 0 Å². The first-order valence-electron chi connectivity index (χ1n) is 19.3. The van der Waals surface area contributed by atoms with Crippen molar-refractivity contribution in [2.75, 3.05) is 0 Å². The van der Waals surface area contributed by atoms with E-state index in [4.69, 9.17) is 0 Å². The Labute approximate surface area is 298 Å². The van der Waals surface area contributed by atoms with Crippen molar-refractivity contribution in [1.82, 2.24) is 0 Å². The van der Waals surface area contributed by atoms with Gasteiger partial charge in [-0.25, -0.2) is 0 Å². The minimum absolute atomic E-state index is 0.473. The fraction of sp³-hybridized carbons (Fsp3) is 0.842. The topological polar surface area (TPSA) is 0 Å². The number of hydrogen-bond acceptors (Lipinski definition) is 2. The maximum absolute atomic E-state index is 2.81. The predicted octanol–water partition coefficient (Wildman–Crippen LogP) is 12.6. The molecular weight excluding hydrogens is 814 g/mol. The molecule has 2 unspecified atom stereocenters. The number of rotatable bonds is 25. The molecule has 44 heavy (non-hydrogen) atoms. The van der Waals surface area contributed by atoms with Crippen LogP contribution < -0.4 is 0 Å². The molecule has 0 aromatic heterocycles. The van der Waals surface area contributed by atoms with E-state index in [0.29, 0.717) is 18.3 Å². The molecule has 0 bridgehead atoms. The van der Waals surface area contributed by atoms with Gasteiger partial charge in [-0.15, -0.1) is 0 Å². The van der Waals surface area contributed by atoms with E-state index >= 15 is 0 Å². The Hall–Kier alpha value is 1.95. The van der Waals surface area contributed by atoms with E-state index in [9.17, 15) is 0 Å². The molecule has 0 fully saturated rings. The summed E-state index contributed by atoms with van der Waals surface area (Å²) in [6, 6.07) is 3.01. The minimum Gasteiger partial charge on any atom is -0.0654 e. The smallest absolute Gasteiger partial charge is 0.0654 e. The van der Waals surface area contributed by atoms with Gasteiger partial charge in [0.2, 0.25) is 0 Å². The van der Waals surface area contributed by atoms with E-state index in [1.165, 1.54) is 141 Å². The zero-order valence-corrected chi connectivity index (χ0v) is 40.5. The molecule has 0 nitrogen and oxygen atoms in total. The van der Waals surface area contributed by atoms with E-state index in [-0.39, 0.29) is 0 Å². The Morgan fingerprint density at radius 1 is 0.455 bits per heavy atom. The molecule has 2 heterocycles. The summed E-state index contributed by atoms with van der Waals surface area (Å²) in [5.74, 6) is 0. The molecule has 0 spiro atoms. The van der Waals surface area contributed by atoms with Crippen LogP contribution in [0.4, 0.5) is 0 Å². The molecule has 2 atom stereocenters. The second kappa shape index (κ2) is 24.2. The summed E-state index contributed by atoms with van der Waals surface area (Å²) >= 11 is 0.625. The third-order valence-electron chi connectivity index (χ3n) is 9.39. The average molecular weight is 889 g/mol. The Morgan fingerprint density at radius 3 is 1.00 bits per heavy atom. The van der Waals surface area contributed by atoms with Gasteiger partial charge >= 0.3 is 249 Å².